The average molecular weight is 284 g/mol. The Morgan fingerprint density at radius 1 is 1.47 bits per heavy atom. The van der Waals surface area contributed by atoms with E-state index in [1.54, 1.807) is 0 Å². The molecule has 0 saturated heterocycles. The van der Waals surface area contributed by atoms with E-state index in [-0.39, 0.29) is 22.1 Å². The summed E-state index contributed by atoms with van der Waals surface area (Å²) < 4.78 is 27.8. The fraction of sp³-hybridized carbons (Fsp3) is 0.417. The van der Waals surface area contributed by atoms with E-state index in [1.807, 2.05) is 0 Å². The van der Waals surface area contributed by atoms with Gasteiger partial charge in [0.25, 0.3) is 5.91 Å². The number of nitrogens with two attached hydrogens (primary N) is 1. The first-order valence-corrected chi connectivity index (χ1v) is 7.45. The second kappa shape index (κ2) is 5.18. The second-order valence-corrected chi connectivity index (χ2v) is 6.09. The third-order valence-corrected chi connectivity index (χ3v) is 3.91. The molecule has 0 bridgehead atoms. The highest BCUT2D eigenvalue weighted by molar-refractivity contribution is 7.89. The molecular formula is C12H16N2O4S. The lowest BCUT2D eigenvalue weighted by Gasteiger charge is -2.09. The highest BCUT2D eigenvalue weighted by atomic mass is 32.2. The van der Waals surface area contributed by atoms with Gasteiger partial charge in [0.1, 0.15) is 10.6 Å². The summed E-state index contributed by atoms with van der Waals surface area (Å²) in [4.78, 5) is 11.7. The first-order chi connectivity index (χ1) is 8.91. The Kier molecular flexibility index (Phi) is 3.77. The van der Waals surface area contributed by atoms with Gasteiger partial charge in [-0.15, -0.1) is 0 Å². The van der Waals surface area contributed by atoms with Gasteiger partial charge in [-0.05, 0) is 37.0 Å². The molecule has 1 aromatic rings. The van der Waals surface area contributed by atoms with Gasteiger partial charge in [0, 0.05) is 12.1 Å². The number of amides is 1. The summed E-state index contributed by atoms with van der Waals surface area (Å²) in [6, 6.07) is 4.16. The Hall–Kier alpha value is -1.60. The minimum Gasteiger partial charge on any atom is -0.495 e. The predicted molar refractivity (Wildman–Crippen MR) is 69.4 cm³/mol. The van der Waals surface area contributed by atoms with Gasteiger partial charge in [-0.25, -0.2) is 13.6 Å². The van der Waals surface area contributed by atoms with E-state index in [0.717, 1.165) is 12.8 Å². The standard InChI is InChI=1S/C12H16N2O4S/c1-18-10-5-4-9(6-11(10)19(13,16)17)12(15)14-7-8-2-3-8/h4-6,8H,2-3,7H2,1H3,(H,14,15)(H2,13,16,17). The Balaban J connectivity index is 2.23. The van der Waals surface area contributed by atoms with Crippen molar-refractivity contribution in [1.29, 1.82) is 0 Å². The number of carbonyl (C=O) groups is 1. The van der Waals surface area contributed by atoms with Gasteiger partial charge in [-0.2, -0.15) is 0 Å². The van der Waals surface area contributed by atoms with Crippen LogP contribution in [0.15, 0.2) is 23.1 Å². The lowest BCUT2D eigenvalue weighted by atomic mass is 10.2. The molecule has 1 amide bonds. The summed E-state index contributed by atoms with van der Waals surface area (Å²) in [6.45, 7) is 0.621. The third-order valence-electron chi connectivity index (χ3n) is 2.98. The number of nitrogens with one attached hydrogen (secondary N) is 1. The lowest BCUT2D eigenvalue weighted by Crippen LogP contribution is -2.26. The normalized spacial score (nSPS) is 15.1. The molecule has 1 fully saturated rings. The molecule has 3 N–H and O–H groups in total. The van der Waals surface area contributed by atoms with Crippen molar-refractivity contribution in [1.82, 2.24) is 5.32 Å². The zero-order chi connectivity index (χ0) is 14.0. The molecule has 1 saturated carbocycles. The van der Waals surface area contributed by atoms with Gasteiger partial charge in [-0.3, -0.25) is 4.79 Å². The van der Waals surface area contributed by atoms with Gasteiger partial charge < -0.3 is 10.1 Å². The molecule has 0 aromatic heterocycles. The lowest BCUT2D eigenvalue weighted by molar-refractivity contribution is 0.0951. The second-order valence-electron chi connectivity index (χ2n) is 4.56. The van der Waals surface area contributed by atoms with Crippen LogP contribution >= 0.6 is 0 Å². The third kappa shape index (κ3) is 3.45. The van der Waals surface area contributed by atoms with E-state index in [0.29, 0.717) is 12.5 Å². The van der Waals surface area contributed by atoms with Crippen LogP contribution < -0.4 is 15.2 Å². The number of methoxy groups -OCH3 is 1. The predicted octanol–water partition coefficient (Wildman–Crippen LogP) is 0.482. The van der Waals surface area contributed by atoms with Crippen molar-refractivity contribution >= 4 is 15.9 Å². The van der Waals surface area contributed by atoms with Gasteiger partial charge in [0.05, 0.1) is 7.11 Å². The van der Waals surface area contributed by atoms with E-state index < -0.39 is 10.0 Å². The van der Waals surface area contributed by atoms with Crippen LogP contribution in [-0.4, -0.2) is 28.0 Å². The van der Waals surface area contributed by atoms with Gasteiger partial charge in [-0.1, -0.05) is 0 Å². The molecule has 19 heavy (non-hydrogen) atoms. The average Bonchev–Trinajstić information content (AvgIpc) is 3.18. The minimum absolute atomic E-state index is 0.126. The van der Waals surface area contributed by atoms with Crippen molar-refractivity contribution in [3.63, 3.8) is 0 Å². The summed E-state index contributed by atoms with van der Waals surface area (Å²) in [5, 5.41) is 7.86. The van der Waals surface area contributed by atoms with Crippen LogP contribution in [0.1, 0.15) is 23.2 Å². The number of benzene rings is 1. The fourth-order valence-electron chi connectivity index (χ4n) is 1.70. The number of hydrogen-bond donors (Lipinski definition) is 2. The highest BCUT2D eigenvalue weighted by Gasteiger charge is 2.23. The molecule has 1 aliphatic carbocycles. The van der Waals surface area contributed by atoms with E-state index in [2.05, 4.69) is 5.32 Å². The van der Waals surface area contributed by atoms with Crippen LogP contribution in [0.25, 0.3) is 0 Å². The van der Waals surface area contributed by atoms with Gasteiger partial charge in [0.15, 0.2) is 0 Å². The SMILES string of the molecule is COc1ccc(C(=O)NCC2CC2)cc1S(N)(=O)=O. The van der Waals surface area contributed by atoms with Crippen molar-refractivity contribution in [3.8, 4) is 5.75 Å². The van der Waals surface area contributed by atoms with Crippen molar-refractivity contribution in [2.75, 3.05) is 13.7 Å². The molecule has 0 spiro atoms. The van der Waals surface area contributed by atoms with E-state index in [4.69, 9.17) is 9.88 Å². The van der Waals surface area contributed by atoms with Crippen LogP contribution in [0, 0.1) is 5.92 Å². The summed E-state index contributed by atoms with van der Waals surface area (Å²) >= 11 is 0. The van der Waals surface area contributed by atoms with Crippen LogP contribution in [0.3, 0.4) is 0 Å². The molecule has 0 aliphatic heterocycles. The fourth-order valence-corrected chi connectivity index (χ4v) is 2.42. The zero-order valence-corrected chi connectivity index (χ0v) is 11.4. The summed E-state index contributed by atoms with van der Waals surface area (Å²) in [5.74, 6) is 0.376. The molecular weight excluding hydrogens is 268 g/mol. The summed E-state index contributed by atoms with van der Waals surface area (Å²) in [5.41, 5.74) is 0.255. The molecule has 0 unspecified atom stereocenters. The number of rotatable bonds is 5. The maximum Gasteiger partial charge on any atom is 0.251 e. The van der Waals surface area contributed by atoms with Crippen LogP contribution in [0.5, 0.6) is 5.75 Å². The van der Waals surface area contributed by atoms with Crippen LogP contribution in [-0.2, 0) is 10.0 Å². The van der Waals surface area contributed by atoms with Crippen molar-refractivity contribution in [2.24, 2.45) is 11.1 Å². The smallest absolute Gasteiger partial charge is 0.251 e. The maximum absolute atomic E-state index is 11.9. The molecule has 0 atom stereocenters. The number of carbonyl (C=O) groups excluding carboxylic acids is 1. The quantitative estimate of drug-likeness (QED) is 0.821. The summed E-state index contributed by atoms with van der Waals surface area (Å²) in [6.07, 6.45) is 2.26. The molecule has 0 radical (unpaired) electrons. The number of ether oxygens (including phenoxy) is 1. The zero-order valence-electron chi connectivity index (χ0n) is 10.5. The number of hydrogen-bond acceptors (Lipinski definition) is 4. The Bertz CT molecular complexity index is 594. The topological polar surface area (TPSA) is 98.5 Å². The van der Waals surface area contributed by atoms with E-state index in [9.17, 15) is 13.2 Å². The largest absolute Gasteiger partial charge is 0.495 e. The molecule has 0 heterocycles. The van der Waals surface area contributed by atoms with Crippen molar-refractivity contribution in [3.05, 3.63) is 23.8 Å². The number of sulfonamides is 1. The number of primary sulfonamides is 1. The molecule has 1 aromatic carbocycles. The Morgan fingerprint density at radius 2 is 2.16 bits per heavy atom. The van der Waals surface area contributed by atoms with Gasteiger partial charge in [0.2, 0.25) is 10.0 Å². The van der Waals surface area contributed by atoms with Crippen molar-refractivity contribution < 1.29 is 17.9 Å². The minimum atomic E-state index is -3.93. The monoisotopic (exact) mass is 284 g/mol. The molecule has 2 rings (SSSR count). The summed E-state index contributed by atoms with van der Waals surface area (Å²) in [7, 11) is -2.58. The van der Waals surface area contributed by atoms with Crippen molar-refractivity contribution in [2.45, 2.75) is 17.7 Å². The first kappa shape index (κ1) is 13.8. The van der Waals surface area contributed by atoms with E-state index in [1.165, 1.54) is 25.3 Å². The van der Waals surface area contributed by atoms with Crippen LogP contribution in [0.4, 0.5) is 0 Å². The molecule has 1 aliphatic rings. The van der Waals surface area contributed by atoms with Gasteiger partial charge >= 0.3 is 0 Å². The van der Waals surface area contributed by atoms with E-state index >= 15 is 0 Å². The Labute approximate surface area is 112 Å². The first-order valence-electron chi connectivity index (χ1n) is 5.91. The Morgan fingerprint density at radius 3 is 2.68 bits per heavy atom. The van der Waals surface area contributed by atoms with Crippen LogP contribution in [0.2, 0.25) is 0 Å². The molecule has 6 nitrogen and oxygen atoms in total. The maximum atomic E-state index is 11.9. The molecule has 104 valence electrons. The highest BCUT2D eigenvalue weighted by Crippen LogP contribution is 2.28. The molecule has 7 heteroatoms.